The molecule has 2 N–H and O–H groups in total. The van der Waals surface area contributed by atoms with Crippen LogP contribution in [0.15, 0.2) is 24.3 Å². The molecule has 0 aromatic heterocycles. The molecule has 21 heavy (non-hydrogen) atoms. The molecule has 4 atom stereocenters. The number of aliphatic hydroxyl groups excluding tert-OH is 1. The van der Waals surface area contributed by atoms with Gasteiger partial charge in [0.15, 0.2) is 0 Å². The largest absolute Gasteiger partial charge is 0.387 e. The molecule has 5 nitrogen and oxygen atoms in total. The third-order valence-corrected chi connectivity index (χ3v) is 4.49. The molecule has 1 aliphatic rings. The standard InChI is InChI=1S/C16H24N2O3/c1-11-3-8-15(12(2)9-11)17-10-16(19)13-4-6-14(7-5-13)18(20)21/h4-7,11-12,15-17,19H,3,8-10H2,1-2H3. The van der Waals surface area contributed by atoms with E-state index in [4.69, 9.17) is 0 Å². The molecule has 0 heterocycles. The van der Waals surface area contributed by atoms with Crippen molar-refractivity contribution in [1.29, 1.82) is 0 Å². The van der Waals surface area contributed by atoms with Gasteiger partial charge in [0.2, 0.25) is 0 Å². The maximum Gasteiger partial charge on any atom is 0.269 e. The summed E-state index contributed by atoms with van der Waals surface area (Å²) in [4.78, 5) is 10.2. The molecule has 1 fully saturated rings. The van der Waals surface area contributed by atoms with Crippen molar-refractivity contribution in [1.82, 2.24) is 5.32 Å². The average Bonchev–Trinajstić information content (AvgIpc) is 2.46. The van der Waals surface area contributed by atoms with Crippen LogP contribution < -0.4 is 5.32 Å². The first-order valence-electron chi connectivity index (χ1n) is 7.63. The van der Waals surface area contributed by atoms with Gasteiger partial charge in [-0.2, -0.15) is 0 Å². The molecule has 0 bridgehead atoms. The van der Waals surface area contributed by atoms with Gasteiger partial charge in [-0.25, -0.2) is 0 Å². The molecule has 1 aromatic carbocycles. The fourth-order valence-corrected chi connectivity index (χ4v) is 3.17. The Hall–Kier alpha value is -1.46. The van der Waals surface area contributed by atoms with Gasteiger partial charge in [-0.1, -0.05) is 13.8 Å². The fraction of sp³-hybridized carbons (Fsp3) is 0.625. The first-order valence-corrected chi connectivity index (χ1v) is 7.63. The van der Waals surface area contributed by atoms with Crippen molar-refractivity contribution in [3.8, 4) is 0 Å². The van der Waals surface area contributed by atoms with Crippen molar-refractivity contribution in [2.75, 3.05) is 6.54 Å². The van der Waals surface area contributed by atoms with Crippen LogP contribution in [0.1, 0.15) is 44.8 Å². The van der Waals surface area contributed by atoms with E-state index < -0.39 is 11.0 Å². The number of nitrogens with zero attached hydrogens (tertiary/aromatic N) is 1. The van der Waals surface area contributed by atoms with Gasteiger partial charge >= 0.3 is 0 Å². The Kier molecular flexibility index (Phi) is 5.31. The Morgan fingerprint density at radius 3 is 2.57 bits per heavy atom. The van der Waals surface area contributed by atoms with Crippen LogP contribution in [0, 0.1) is 22.0 Å². The maximum absolute atomic E-state index is 10.6. The summed E-state index contributed by atoms with van der Waals surface area (Å²) in [6, 6.07) is 6.56. The Morgan fingerprint density at radius 1 is 1.33 bits per heavy atom. The maximum atomic E-state index is 10.6. The molecule has 0 spiro atoms. The van der Waals surface area contributed by atoms with Crippen molar-refractivity contribution in [3.63, 3.8) is 0 Å². The third kappa shape index (κ3) is 4.25. The number of non-ortho nitro benzene ring substituents is 1. The lowest BCUT2D eigenvalue weighted by molar-refractivity contribution is -0.384. The van der Waals surface area contributed by atoms with E-state index in [0.29, 0.717) is 24.1 Å². The van der Waals surface area contributed by atoms with E-state index in [1.807, 2.05) is 0 Å². The van der Waals surface area contributed by atoms with Gasteiger partial charge < -0.3 is 10.4 Å². The molecule has 0 saturated heterocycles. The van der Waals surface area contributed by atoms with E-state index >= 15 is 0 Å². The van der Waals surface area contributed by atoms with Gasteiger partial charge in [0.1, 0.15) is 0 Å². The highest BCUT2D eigenvalue weighted by Crippen LogP contribution is 2.29. The van der Waals surface area contributed by atoms with E-state index in [2.05, 4.69) is 19.2 Å². The number of nitrogens with one attached hydrogen (secondary N) is 1. The van der Waals surface area contributed by atoms with E-state index in [0.717, 1.165) is 12.3 Å². The summed E-state index contributed by atoms with van der Waals surface area (Å²) in [5.41, 5.74) is 0.763. The molecule has 1 aliphatic carbocycles. The van der Waals surface area contributed by atoms with Crippen molar-refractivity contribution < 1.29 is 10.0 Å². The lowest BCUT2D eigenvalue weighted by Crippen LogP contribution is -2.40. The highest BCUT2D eigenvalue weighted by Gasteiger charge is 2.25. The van der Waals surface area contributed by atoms with Crippen LogP contribution in [0.5, 0.6) is 0 Å². The minimum Gasteiger partial charge on any atom is -0.387 e. The predicted molar refractivity (Wildman–Crippen MR) is 82.0 cm³/mol. The Balaban J connectivity index is 1.86. The highest BCUT2D eigenvalue weighted by molar-refractivity contribution is 5.33. The van der Waals surface area contributed by atoms with Crippen LogP contribution in [0.2, 0.25) is 0 Å². The fourth-order valence-electron chi connectivity index (χ4n) is 3.17. The molecular weight excluding hydrogens is 268 g/mol. The number of hydrogen-bond acceptors (Lipinski definition) is 4. The summed E-state index contributed by atoms with van der Waals surface area (Å²) in [6.07, 6.45) is 2.98. The Bertz CT molecular complexity index is 475. The van der Waals surface area contributed by atoms with Crippen LogP contribution in [0.25, 0.3) is 0 Å². The van der Waals surface area contributed by atoms with Crippen LogP contribution in [0.4, 0.5) is 5.69 Å². The van der Waals surface area contributed by atoms with Gasteiger partial charge in [-0.05, 0) is 48.8 Å². The van der Waals surface area contributed by atoms with Crippen molar-refractivity contribution in [2.45, 2.75) is 45.3 Å². The molecule has 5 heteroatoms. The van der Waals surface area contributed by atoms with E-state index in [9.17, 15) is 15.2 Å². The number of rotatable bonds is 5. The summed E-state index contributed by atoms with van der Waals surface area (Å²) in [6.45, 7) is 5.03. The van der Waals surface area contributed by atoms with Crippen LogP contribution in [0.3, 0.4) is 0 Å². The first kappa shape index (κ1) is 15.9. The smallest absolute Gasteiger partial charge is 0.269 e. The van der Waals surface area contributed by atoms with Gasteiger partial charge in [0, 0.05) is 24.7 Å². The summed E-state index contributed by atoms with van der Waals surface area (Å²) in [5.74, 6) is 1.41. The zero-order chi connectivity index (χ0) is 15.4. The van der Waals surface area contributed by atoms with Crippen molar-refractivity contribution in [3.05, 3.63) is 39.9 Å². The molecular formula is C16H24N2O3. The second kappa shape index (κ2) is 7.00. The lowest BCUT2D eigenvalue weighted by Gasteiger charge is -2.33. The van der Waals surface area contributed by atoms with Crippen LogP contribution in [-0.2, 0) is 0 Å². The molecule has 1 saturated carbocycles. The summed E-state index contributed by atoms with van der Waals surface area (Å²) < 4.78 is 0. The molecule has 0 amide bonds. The van der Waals surface area contributed by atoms with Crippen molar-refractivity contribution >= 4 is 5.69 Å². The zero-order valence-electron chi connectivity index (χ0n) is 12.7. The van der Waals surface area contributed by atoms with Crippen LogP contribution in [-0.4, -0.2) is 22.6 Å². The summed E-state index contributed by atoms with van der Waals surface area (Å²) in [5, 5.41) is 24.2. The molecule has 2 rings (SSSR count). The van der Waals surface area contributed by atoms with E-state index in [-0.39, 0.29) is 5.69 Å². The third-order valence-electron chi connectivity index (χ3n) is 4.49. The Morgan fingerprint density at radius 2 is 2.00 bits per heavy atom. The number of nitro groups is 1. The van der Waals surface area contributed by atoms with E-state index in [1.165, 1.54) is 25.0 Å². The average molecular weight is 292 g/mol. The molecule has 0 aliphatic heterocycles. The van der Waals surface area contributed by atoms with Crippen molar-refractivity contribution in [2.24, 2.45) is 11.8 Å². The molecule has 4 unspecified atom stereocenters. The molecule has 1 aromatic rings. The van der Waals surface area contributed by atoms with Gasteiger partial charge in [0.25, 0.3) is 5.69 Å². The summed E-state index contributed by atoms with van der Waals surface area (Å²) in [7, 11) is 0. The van der Waals surface area contributed by atoms with Gasteiger partial charge in [-0.15, -0.1) is 0 Å². The van der Waals surface area contributed by atoms with Gasteiger partial charge in [0.05, 0.1) is 11.0 Å². The monoisotopic (exact) mass is 292 g/mol. The molecule has 0 radical (unpaired) electrons. The quantitative estimate of drug-likeness (QED) is 0.646. The summed E-state index contributed by atoms with van der Waals surface area (Å²) >= 11 is 0. The molecule has 116 valence electrons. The van der Waals surface area contributed by atoms with E-state index in [1.54, 1.807) is 12.1 Å². The minimum atomic E-state index is -0.627. The minimum absolute atomic E-state index is 0.0498. The second-order valence-corrected chi connectivity index (χ2v) is 6.27. The second-order valence-electron chi connectivity index (χ2n) is 6.27. The highest BCUT2D eigenvalue weighted by atomic mass is 16.6. The zero-order valence-corrected chi connectivity index (χ0v) is 12.7. The number of nitro benzene ring substituents is 1. The topological polar surface area (TPSA) is 75.4 Å². The Labute approximate surface area is 125 Å². The predicted octanol–water partition coefficient (Wildman–Crippen LogP) is 3.04. The number of aliphatic hydroxyl groups is 1. The van der Waals surface area contributed by atoms with Gasteiger partial charge in [-0.3, -0.25) is 10.1 Å². The lowest BCUT2D eigenvalue weighted by atomic mass is 9.80. The number of benzene rings is 1. The number of hydrogen-bond donors (Lipinski definition) is 2. The first-order chi connectivity index (χ1) is 9.97. The van der Waals surface area contributed by atoms with Crippen LogP contribution >= 0.6 is 0 Å². The SMILES string of the molecule is CC1CCC(NCC(O)c2ccc([N+](=O)[O-])cc2)C(C)C1. The normalized spacial score (nSPS) is 27.3.